The zero-order chi connectivity index (χ0) is 8.29. The first kappa shape index (κ1) is 11.2. The van der Waals surface area contributed by atoms with Gasteiger partial charge in [0.25, 0.3) is 0 Å². The van der Waals surface area contributed by atoms with Gasteiger partial charge < -0.3 is 10.9 Å². The third-order valence-corrected chi connectivity index (χ3v) is 2.56. The molecular weight excluding hydrogens is 212 g/mol. The lowest BCUT2D eigenvalue weighted by atomic mass is 10.0. The first-order valence-electron chi connectivity index (χ1n) is 3.86. The molecule has 0 saturated carbocycles. The van der Waals surface area contributed by atoms with Crippen molar-refractivity contribution in [3.63, 3.8) is 0 Å². The van der Waals surface area contributed by atoms with Gasteiger partial charge in [-0.15, -0.1) is 12.4 Å². The van der Waals surface area contributed by atoms with Crippen molar-refractivity contribution in [2.75, 3.05) is 0 Å². The molecule has 0 amide bonds. The van der Waals surface area contributed by atoms with Crippen LogP contribution < -0.4 is 10.9 Å². The minimum Gasteiger partial charge on any atom is -0.459 e. The molecule has 0 aromatic heterocycles. The Labute approximate surface area is 86.2 Å². The van der Waals surface area contributed by atoms with Gasteiger partial charge in [0, 0.05) is 11.1 Å². The van der Waals surface area contributed by atoms with E-state index in [4.69, 9.17) is 4.74 Å². The van der Waals surface area contributed by atoms with Crippen molar-refractivity contribution in [2.24, 2.45) is 0 Å². The molecule has 0 saturated heterocycles. The van der Waals surface area contributed by atoms with Gasteiger partial charge in [-0.1, -0.05) is 18.2 Å². The average molecular weight is 222 g/mol. The summed E-state index contributed by atoms with van der Waals surface area (Å²) in [6.07, 6.45) is -2.68. The number of rotatable bonds is 0. The van der Waals surface area contributed by atoms with Gasteiger partial charge in [0.2, 0.25) is 6.36 Å². The third kappa shape index (κ3) is 1.04. The number of para-hydroxylation sites is 1. The molecule has 1 aliphatic heterocycles. The van der Waals surface area contributed by atoms with Gasteiger partial charge in [-0.05, 0) is 0 Å². The molecule has 5 heteroatoms. The van der Waals surface area contributed by atoms with Crippen LogP contribution in [0.2, 0.25) is 0 Å². The molecule has 0 fully saturated rings. The fourth-order valence-corrected chi connectivity index (χ4v) is 2.00. The highest BCUT2D eigenvalue weighted by molar-refractivity contribution is 5.85. The highest BCUT2D eigenvalue weighted by atomic mass is 35.5. The minimum atomic E-state index is -1.48. The van der Waals surface area contributed by atoms with Crippen LogP contribution in [0.1, 0.15) is 23.2 Å². The van der Waals surface area contributed by atoms with Gasteiger partial charge in [-0.3, -0.25) is 0 Å². The molecule has 1 heterocycles. The van der Waals surface area contributed by atoms with E-state index in [1.807, 2.05) is 0 Å². The van der Waals surface area contributed by atoms with Gasteiger partial charge in [0.1, 0.15) is 11.9 Å². The normalized spacial score (nSPS) is 30.3. The summed E-state index contributed by atoms with van der Waals surface area (Å²) >= 11 is 0. The van der Waals surface area contributed by atoms with Crippen molar-refractivity contribution < 1.29 is 13.5 Å². The molecule has 4 bridgehead atoms. The molecule has 2 aliphatic rings. The molecule has 1 aromatic carbocycles. The van der Waals surface area contributed by atoms with Gasteiger partial charge in [0.15, 0.2) is 0 Å². The van der Waals surface area contributed by atoms with Crippen LogP contribution in [-0.2, 0) is 0 Å². The largest absolute Gasteiger partial charge is 0.459 e. The summed E-state index contributed by atoms with van der Waals surface area (Å²) in [6, 6.07) is 5.11. The van der Waals surface area contributed by atoms with Crippen LogP contribution in [0.3, 0.4) is 0 Å². The molecule has 78 valence electrons. The Morgan fingerprint density at radius 3 is 2.43 bits per heavy atom. The van der Waals surface area contributed by atoms with Crippen molar-refractivity contribution in [2.45, 2.75) is 18.4 Å². The molecule has 0 spiro atoms. The van der Waals surface area contributed by atoms with Gasteiger partial charge in [0.05, 0.1) is 5.92 Å². The molecule has 1 aromatic rings. The number of benzene rings is 1. The van der Waals surface area contributed by atoms with Crippen LogP contribution in [-0.4, -0.2) is 6.36 Å². The van der Waals surface area contributed by atoms with E-state index in [1.165, 1.54) is 0 Å². The second kappa shape index (κ2) is 3.37. The van der Waals surface area contributed by atoms with E-state index in [9.17, 15) is 8.78 Å². The van der Waals surface area contributed by atoms with E-state index >= 15 is 0 Å². The topological polar surface area (TPSA) is 44.2 Å². The van der Waals surface area contributed by atoms with Crippen LogP contribution in [0.5, 0.6) is 5.75 Å². The van der Waals surface area contributed by atoms with Crippen molar-refractivity contribution >= 4 is 12.4 Å². The quantitative estimate of drug-likeness (QED) is 0.732. The minimum absolute atomic E-state index is 0. The zero-order valence-corrected chi connectivity index (χ0v) is 8.06. The number of hydrogen-bond donors (Lipinski definition) is 1. The second-order valence-corrected chi connectivity index (χ2v) is 3.16. The monoisotopic (exact) mass is 221 g/mol. The lowest BCUT2D eigenvalue weighted by Crippen LogP contribution is -2.19. The number of ether oxygens (including phenoxy) is 1. The van der Waals surface area contributed by atoms with Gasteiger partial charge in [-0.25, -0.2) is 8.78 Å². The smallest absolute Gasteiger partial charge is 0.248 e. The van der Waals surface area contributed by atoms with E-state index in [1.54, 1.807) is 18.2 Å². The molecule has 2 nitrogen and oxygen atoms in total. The van der Waals surface area contributed by atoms with Crippen molar-refractivity contribution in [3.8, 4) is 5.75 Å². The Balaban J connectivity index is 0.000000490. The Bertz CT molecular complexity index is 361. The van der Waals surface area contributed by atoms with E-state index in [-0.39, 0.29) is 18.6 Å². The lowest BCUT2D eigenvalue weighted by molar-refractivity contribution is 0.0220. The van der Waals surface area contributed by atoms with Gasteiger partial charge in [-0.2, -0.15) is 0 Å². The highest BCUT2D eigenvalue weighted by Gasteiger charge is 2.49. The maximum Gasteiger partial charge on any atom is 0.248 e. The summed E-state index contributed by atoms with van der Waals surface area (Å²) in [6.45, 7) is 0. The van der Waals surface area contributed by atoms with E-state index < -0.39 is 18.4 Å². The molecule has 14 heavy (non-hydrogen) atoms. The average Bonchev–Trinajstić information content (AvgIpc) is 2.42. The zero-order valence-electron chi connectivity index (χ0n) is 7.24. The summed E-state index contributed by atoms with van der Waals surface area (Å²) < 4.78 is 31.1. The predicted molar refractivity (Wildman–Crippen MR) is 50.8 cm³/mol. The first-order chi connectivity index (χ1) is 5.79. The Kier molecular flexibility index (Phi) is 2.69. The third-order valence-electron chi connectivity index (χ3n) is 2.56. The maximum absolute atomic E-state index is 13.4. The van der Waals surface area contributed by atoms with E-state index in [2.05, 4.69) is 0 Å². The standard InChI is InChI=1S/C9H6F2O.ClH.H3N/c10-7-5-3-1-2-4-6(7)9(11)12-8(4)5;;/h1-3,6-7,9H;1H;1H3. The van der Waals surface area contributed by atoms with Crippen molar-refractivity contribution in [1.29, 1.82) is 0 Å². The number of alkyl halides is 2. The Morgan fingerprint density at radius 2 is 1.79 bits per heavy atom. The predicted octanol–water partition coefficient (Wildman–Crippen LogP) is 3.07. The molecule has 3 rings (SSSR count). The van der Waals surface area contributed by atoms with Crippen LogP contribution >= 0.6 is 12.4 Å². The van der Waals surface area contributed by atoms with Crippen molar-refractivity contribution in [3.05, 3.63) is 29.3 Å². The van der Waals surface area contributed by atoms with Crippen LogP contribution in [0.15, 0.2) is 18.2 Å². The molecular formula is C9H10ClF2NO. The number of halogens is 3. The van der Waals surface area contributed by atoms with Gasteiger partial charge >= 0.3 is 0 Å². The molecule has 3 N–H and O–H groups in total. The summed E-state index contributed by atoms with van der Waals surface area (Å²) in [5, 5.41) is 0. The maximum atomic E-state index is 13.4. The number of hydrogen-bond acceptors (Lipinski definition) is 2. The van der Waals surface area contributed by atoms with Crippen molar-refractivity contribution in [1.82, 2.24) is 6.15 Å². The Morgan fingerprint density at radius 1 is 1.14 bits per heavy atom. The highest BCUT2D eigenvalue weighted by Crippen LogP contribution is 2.57. The first-order valence-corrected chi connectivity index (χ1v) is 3.86. The lowest BCUT2D eigenvalue weighted by Gasteiger charge is -2.18. The fourth-order valence-electron chi connectivity index (χ4n) is 2.00. The Hall–Kier alpha value is -0.870. The molecule has 1 aliphatic carbocycles. The summed E-state index contributed by atoms with van der Waals surface area (Å²) in [5.74, 6) is -0.271. The van der Waals surface area contributed by atoms with Crippen LogP contribution in [0, 0.1) is 0 Å². The SMILES string of the molecule is Cl.FC1Oc2c3cccc2C1C3F.N. The summed E-state index contributed by atoms with van der Waals surface area (Å²) in [5.41, 5.74) is 1.19. The van der Waals surface area contributed by atoms with E-state index in [0.29, 0.717) is 16.9 Å². The van der Waals surface area contributed by atoms with Crippen LogP contribution in [0.25, 0.3) is 0 Å². The van der Waals surface area contributed by atoms with Crippen LogP contribution in [0.4, 0.5) is 8.78 Å². The molecule has 3 atom stereocenters. The second-order valence-electron chi connectivity index (χ2n) is 3.16. The summed E-state index contributed by atoms with van der Waals surface area (Å²) in [7, 11) is 0. The summed E-state index contributed by atoms with van der Waals surface area (Å²) in [4.78, 5) is 0. The van der Waals surface area contributed by atoms with E-state index in [0.717, 1.165) is 0 Å². The molecule has 3 unspecified atom stereocenters. The molecule has 0 radical (unpaired) electrons. The fraction of sp³-hybridized carbons (Fsp3) is 0.333.